The Labute approximate surface area is 572 Å². The van der Waals surface area contributed by atoms with Gasteiger partial charge in [-0.2, -0.15) is 0 Å². The number of nitrogens with one attached hydrogen (secondary N) is 1. The van der Waals surface area contributed by atoms with Crippen LogP contribution in [-0.4, -0.2) is 140 Å². The molecule has 0 aliphatic carbocycles. The molecule has 542 valence electrons. The largest absolute Gasteiger partial charge is 0.394 e. The molecule has 0 bridgehead atoms. The number of ether oxygens (including phenoxy) is 4. The van der Waals surface area contributed by atoms with Crippen molar-refractivity contribution in [3.05, 3.63) is 109 Å². The molecule has 14 heteroatoms. The molecule has 12 unspecified atom stereocenters. The third-order valence-electron chi connectivity index (χ3n) is 18.0. The monoisotopic (exact) mass is 1320 g/mol. The Balaban J connectivity index is 1.68. The summed E-state index contributed by atoms with van der Waals surface area (Å²) in [7, 11) is 0. The minimum absolute atomic E-state index is 0.245. The zero-order chi connectivity index (χ0) is 68.0. The van der Waals surface area contributed by atoms with E-state index in [2.05, 4.69) is 116 Å². The van der Waals surface area contributed by atoms with E-state index >= 15 is 0 Å². The summed E-state index contributed by atoms with van der Waals surface area (Å²) in [6, 6.07) is -0.939. The van der Waals surface area contributed by atoms with Crippen molar-refractivity contribution in [1.82, 2.24) is 5.32 Å². The van der Waals surface area contributed by atoms with Crippen LogP contribution in [0.4, 0.5) is 0 Å². The quantitative estimate of drug-likeness (QED) is 0.0204. The molecule has 2 saturated heterocycles. The van der Waals surface area contributed by atoms with Crippen LogP contribution in [0.5, 0.6) is 0 Å². The second kappa shape index (κ2) is 63.1. The van der Waals surface area contributed by atoms with Gasteiger partial charge in [0.15, 0.2) is 12.6 Å². The SMILES string of the molecule is CC/C=C\C/C=C\C/C=C\C/C=C\C/C=C\C/C=C\C/C=C\C/C=C\CCCCCCC(=O)NC(COC1OC(CO)C(OC2OC(CO)C(O)C(O)C2O)C(O)C1O)C(O)/C=C/CCCCCCCCCCCCCCCCCCCCCCCCCCCCCCC. The van der Waals surface area contributed by atoms with Crippen molar-refractivity contribution in [2.75, 3.05) is 19.8 Å². The molecule has 0 aromatic carbocycles. The Kier molecular flexibility index (Phi) is 58.2. The van der Waals surface area contributed by atoms with Crippen LogP contribution in [0.2, 0.25) is 0 Å². The van der Waals surface area contributed by atoms with Gasteiger partial charge in [0.05, 0.1) is 32.0 Å². The van der Waals surface area contributed by atoms with Crippen LogP contribution in [0.15, 0.2) is 109 Å². The van der Waals surface area contributed by atoms with Gasteiger partial charge < -0.3 is 65.1 Å². The van der Waals surface area contributed by atoms with Crippen LogP contribution < -0.4 is 5.32 Å². The molecular weight excluding hydrogens is 1180 g/mol. The Hall–Kier alpha value is -3.35. The summed E-state index contributed by atoms with van der Waals surface area (Å²) in [6.07, 6.45) is 74.4. The van der Waals surface area contributed by atoms with Crippen molar-refractivity contribution in [2.45, 2.75) is 370 Å². The molecular formula is C80H139NO13. The Bertz CT molecular complexity index is 2000. The molecule has 0 aromatic heterocycles. The van der Waals surface area contributed by atoms with Crippen LogP contribution >= 0.6 is 0 Å². The highest BCUT2D eigenvalue weighted by Gasteiger charge is 2.51. The molecule has 2 aliphatic rings. The van der Waals surface area contributed by atoms with Crippen LogP contribution in [0.1, 0.15) is 296 Å². The molecule has 12 atom stereocenters. The van der Waals surface area contributed by atoms with E-state index in [1.165, 1.54) is 173 Å². The summed E-state index contributed by atoms with van der Waals surface area (Å²) in [5, 5.41) is 87.6. The summed E-state index contributed by atoms with van der Waals surface area (Å²) in [5.74, 6) is -0.265. The van der Waals surface area contributed by atoms with E-state index in [9.17, 15) is 45.6 Å². The smallest absolute Gasteiger partial charge is 0.220 e. The van der Waals surface area contributed by atoms with Crippen LogP contribution in [0.25, 0.3) is 0 Å². The number of allylic oxidation sites excluding steroid dienone is 17. The summed E-state index contributed by atoms with van der Waals surface area (Å²) in [4.78, 5) is 13.4. The number of amides is 1. The van der Waals surface area contributed by atoms with E-state index < -0.39 is 86.8 Å². The van der Waals surface area contributed by atoms with E-state index in [0.29, 0.717) is 6.42 Å². The summed E-state index contributed by atoms with van der Waals surface area (Å²) in [5.41, 5.74) is 0. The van der Waals surface area contributed by atoms with Crippen molar-refractivity contribution in [2.24, 2.45) is 0 Å². The summed E-state index contributed by atoms with van der Waals surface area (Å²) in [6.45, 7) is 2.69. The molecule has 9 N–H and O–H groups in total. The lowest BCUT2D eigenvalue weighted by atomic mass is 9.97. The number of hydrogen-bond donors (Lipinski definition) is 9. The maximum atomic E-state index is 13.4. The van der Waals surface area contributed by atoms with Crippen molar-refractivity contribution < 1.29 is 64.6 Å². The zero-order valence-corrected chi connectivity index (χ0v) is 59.2. The van der Waals surface area contributed by atoms with Gasteiger partial charge in [-0.25, -0.2) is 0 Å². The highest BCUT2D eigenvalue weighted by molar-refractivity contribution is 5.76. The van der Waals surface area contributed by atoms with E-state index in [1.54, 1.807) is 6.08 Å². The number of aliphatic hydroxyl groups is 8. The second-order valence-electron chi connectivity index (χ2n) is 26.4. The minimum Gasteiger partial charge on any atom is -0.394 e. The average Bonchev–Trinajstić information content (AvgIpc) is 0.794. The third-order valence-corrected chi connectivity index (χ3v) is 18.0. The van der Waals surface area contributed by atoms with Gasteiger partial charge in [-0.05, 0) is 83.5 Å². The first-order valence-electron chi connectivity index (χ1n) is 38.1. The number of unbranched alkanes of at least 4 members (excludes halogenated alkanes) is 33. The van der Waals surface area contributed by atoms with Gasteiger partial charge in [-0.3, -0.25) is 4.79 Å². The van der Waals surface area contributed by atoms with E-state index in [4.69, 9.17) is 18.9 Å². The fourth-order valence-electron chi connectivity index (χ4n) is 12.0. The van der Waals surface area contributed by atoms with Crippen molar-refractivity contribution >= 4 is 5.91 Å². The average molecular weight is 1320 g/mol. The van der Waals surface area contributed by atoms with Gasteiger partial charge in [-0.15, -0.1) is 0 Å². The van der Waals surface area contributed by atoms with E-state index in [1.807, 2.05) is 6.08 Å². The van der Waals surface area contributed by atoms with Crippen LogP contribution in [-0.2, 0) is 23.7 Å². The molecule has 2 fully saturated rings. The molecule has 2 heterocycles. The predicted molar refractivity (Wildman–Crippen MR) is 387 cm³/mol. The van der Waals surface area contributed by atoms with Crippen LogP contribution in [0, 0.1) is 0 Å². The zero-order valence-electron chi connectivity index (χ0n) is 59.2. The third kappa shape index (κ3) is 46.0. The fraction of sp³-hybridized carbons (Fsp3) is 0.762. The first kappa shape index (κ1) is 86.7. The molecule has 2 aliphatic heterocycles. The van der Waals surface area contributed by atoms with Gasteiger partial charge in [0.1, 0.15) is 48.8 Å². The minimum atomic E-state index is -1.80. The second-order valence-corrected chi connectivity index (χ2v) is 26.4. The first-order valence-corrected chi connectivity index (χ1v) is 38.1. The molecule has 14 nitrogen and oxygen atoms in total. The maximum absolute atomic E-state index is 13.4. The molecule has 1 amide bonds. The van der Waals surface area contributed by atoms with Gasteiger partial charge >= 0.3 is 0 Å². The fourth-order valence-corrected chi connectivity index (χ4v) is 12.0. The number of aliphatic hydroxyl groups excluding tert-OH is 8. The van der Waals surface area contributed by atoms with E-state index in [-0.39, 0.29) is 18.9 Å². The molecule has 0 radical (unpaired) electrons. The topological polar surface area (TPSA) is 228 Å². The molecule has 0 saturated carbocycles. The van der Waals surface area contributed by atoms with Crippen molar-refractivity contribution in [3.63, 3.8) is 0 Å². The highest BCUT2D eigenvalue weighted by Crippen LogP contribution is 2.30. The Morgan fingerprint density at radius 3 is 1.13 bits per heavy atom. The van der Waals surface area contributed by atoms with Crippen molar-refractivity contribution in [3.8, 4) is 0 Å². The summed E-state index contributed by atoms with van der Waals surface area (Å²) < 4.78 is 22.9. The highest BCUT2D eigenvalue weighted by atomic mass is 16.7. The Morgan fingerprint density at radius 1 is 0.394 bits per heavy atom. The lowest BCUT2D eigenvalue weighted by Gasteiger charge is -2.46. The Morgan fingerprint density at radius 2 is 0.734 bits per heavy atom. The standard InChI is InChI=1S/C80H139NO13/c1-3-5-7-9-11-13-15-17-19-21-23-25-27-29-31-33-34-36-37-39-41-43-45-47-49-51-53-55-57-59-61-63-69(84)68(67-91-79-77(90)75(88)78(71(66-83)93-79)94-80-76(89)74(87)73(86)70(65-82)92-80)81-72(85)64-62-60-58-56-54-52-50-48-46-44-42-40-38-35-32-30-28-26-24-22-20-18-16-14-12-10-8-6-4-2/h6,8,12,14,18,20,24,26,30,32,38,40,44,46,50,52,61,63,68-71,73-80,82-84,86-90H,3-5,7,9-11,13,15-17,19,21-23,25,27-29,31,33-37,39,41-43,45,47-49,51,53-60,62,64-67H2,1-2H3,(H,81,85)/b8-6-,14-12-,20-18-,26-24-,32-30-,40-38-,46-44-,52-50-,63-61+. The lowest BCUT2D eigenvalue weighted by Crippen LogP contribution is -2.65. The normalized spacial score (nSPS) is 23.1. The van der Waals surface area contributed by atoms with E-state index in [0.717, 1.165) is 96.3 Å². The number of carbonyl (C=O) groups is 1. The molecule has 94 heavy (non-hydrogen) atoms. The van der Waals surface area contributed by atoms with Crippen molar-refractivity contribution in [1.29, 1.82) is 0 Å². The van der Waals surface area contributed by atoms with Gasteiger partial charge in [-0.1, -0.05) is 316 Å². The van der Waals surface area contributed by atoms with Gasteiger partial charge in [0, 0.05) is 6.42 Å². The maximum Gasteiger partial charge on any atom is 0.220 e. The first-order chi connectivity index (χ1) is 46.1. The number of hydrogen-bond acceptors (Lipinski definition) is 13. The molecule has 2 rings (SSSR count). The summed E-state index contributed by atoms with van der Waals surface area (Å²) >= 11 is 0. The predicted octanol–water partition coefficient (Wildman–Crippen LogP) is 16.7. The van der Waals surface area contributed by atoms with Crippen LogP contribution in [0.3, 0.4) is 0 Å². The van der Waals surface area contributed by atoms with Gasteiger partial charge in [0.25, 0.3) is 0 Å². The number of rotatable bonds is 62. The van der Waals surface area contributed by atoms with Gasteiger partial charge in [0.2, 0.25) is 5.91 Å². The molecule has 0 spiro atoms. The lowest BCUT2D eigenvalue weighted by molar-refractivity contribution is -0.359. The molecule has 0 aromatic rings. The number of carbonyl (C=O) groups excluding carboxylic acids is 1.